The van der Waals surface area contributed by atoms with Crippen molar-refractivity contribution in [3.63, 3.8) is 0 Å². The molecule has 4 nitrogen and oxygen atoms in total. The zero-order valence-electron chi connectivity index (χ0n) is 12.0. The van der Waals surface area contributed by atoms with E-state index in [1.54, 1.807) is 0 Å². The highest BCUT2D eigenvalue weighted by Gasteiger charge is 2.28. The first-order valence-corrected chi connectivity index (χ1v) is 7.75. The number of nitrogens with one attached hydrogen (secondary N) is 1. The molecular weight excluding hydrogens is 242 g/mol. The fraction of sp³-hybridized carbons (Fsp3) is 0.933. The lowest BCUT2D eigenvalue weighted by molar-refractivity contribution is -0.143. The van der Waals surface area contributed by atoms with Gasteiger partial charge in [0.15, 0.2) is 0 Å². The number of hydrogen-bond donors (Lipinski definition) is 1. The number of methoxy groups -OCH3 is 1. The molecule has 2 saturated carbocycles. The molecule has 0 amide bonds. The van der Waals surface area contributed by atoms with Gasteiger partial charge in [0.25, 0.3) is 0 Å². The van der Waals surface area contributed by atoms with Gasteiger partial charge in [-0.3, -0.25) is 4.79 Å². The van der Waals surface area contributed by atoms with Crippen molar-refractivity contribution in [2.45, 2.75) is 76.0 Å². The summed E-state index contributed by atoms with van der Waals surface area (Å²) in [6, 6.07) is 0.324. The minimum absolute atomic E-state index is 0.156. The van der Waals surface area contributed by atoms with Crippen molar-refractivity contribution < 1.29 is 14.3 Å². The second-order valence-corrected chi connectivity index (χ2v) is 5.79. The Labute approximate surface area is 116 Å². The summed E-state index contributed by atoms with van der Waals surface area (Å²) in [5.41, 5.74) is 0. The Morgan fingerprint density at radius 3 is 2.42 bits per heavy atom. The normalized spacial score (nSPS) is 22.8. The summed E-state index contributed by atoms with van der Waals surface area (Å²) in [5.74, 6) is -0.156. The Morgan fingerprint density at radius 1 is 1.16 bits per heavy atom. The Kier molecular flexibility index (Phi) is 6.11. The van der Waals surface area contributed by atoms with Crippen molar-refractivity contribution in [1.82, 2.24) is 5.32 Å². The van der Waals surface area contributed by atoms with Crippen molar-refractivity contribution in [2.24, 2.45) is 0 Å². The molecule has 0 aromatic rings. The second-order valence-electron chi connectivity index (χ2n) is 5.79. The van der Waals surface area contributed by atoms with Crippen LogP contribution in [0.3, 0.4) is 0 Å². The van der Waals surface area contributed by atoms with E-state index in [9.17, 15) is 4.79 Å². The van der Waals surface area contributed by atoms with Crippen LogP contribution in [0.2, 0.25) is 0 Å². The van der Waals surface area contributed by atoms with Crippen LogP contribution in [0, 0.1) is 0 Å². The van der Waals surface area contributed by atoms with E-state index in [0.717, 1.165) is 6.42 Å². The summed E-state index contributed by atoms with van der Waals surface area (Å²) in [7, 11) is 1.45. The fourth-order valence-electron chi connectivity index (χ4n) is 2.71. The van der Waals surface area contributed by atoms with Crippen LogP contribution in [-0.4, -0.2) is 37.9 Å². The van der Waals surface area contributed by atoms with Gasteiger partial charge < -0.3 is 14.8 Å². The largest absolute Gasteiger partial charge is 0.468 e. The van der Waals surface area contributed by atoms with Gasteiger partial charge in [-0.2, -0.15) is 0 Å². The van der Waals surface area contributed by atoms with Crippen LogP contribution in [-0.2, 0) is 14.3 Å². The SMILES string of the molecule is COC(=O)C(CCOC1CCCCCC1)NC1CC1. The Hall–Kier alpha value is -0.610. The smallest absolute Gasteiger partial charge is 0.322 e. The maximum Gasteiger partial charge on any atom is 0.322 e. The molecule has 2 fully saturated rings. The number of esters is 1. The molecule has 0 aromatic carbocycles. The van der Waals surface area contributed by atoms with Crippen molar-refractivity contribution >= 4 is 5.97 Å². The standard InChI is InChI=1S/C15H27NO3/c1-18-15(17)14(16-12-8-9-12)10-11-19-13-6-4-2-3-5-7-13/h12-14,16H,2-11H2,1H3. The lowest BCUT2D eigenvalue weighted by Gasteiger charge is -2.19. The molecule has 2 aliphatic rings. The van der Waals surface area contributed by atoms with E-state index in [1.165, 1.54) is 58.5 Å². The summed E-state index contributed by atoms with van der Waals surface area (Å²) in [6.07, 6.45) is 11.1. The van der Waals surface area contributed by atoms with Gasteiger partial charge in [0.1, 0.15) is 6.04 Å². The zero-order chi connectivity index (χ0) is 13.5. The number of rotatable bonds is 7. The number of carbonyl (C=O) groups is 1. The van der Waals surface area contributed by atoms with E-state index in [1.807, 2.05) is 0 Å². The maximum absolute atomic E-state index is 11.7. The predicted molar refractivity (Wildman–Crippen MR) is 74.0 cm³/mol. The molecule has 4 heteroatoms. The lowest BCUT2D eigenvalue weighted by atomic mass is 10.1. The summed E-state index contributed by atoms with van der Waals surface area (Å²) in [6.45, 7) is 0.657. The summed E-state index contributed by atoms with van der Waals surface area (Å²) in [4.78, 5) is 11.7. The molecule has 0 bridgehead atoms. The highest BCUT2D eigenvalue weighted by molar-refractivity contribution is 5.75. The highest BCUT2D eigenvalue weighted by Crippen LogP contribution is 2.22. The molecule has 19 heavy (non-hydrogen) atoms. The zero-order valence-corrected chi connectivity index (χ0v) is 12.0. The van der Waals surface area contributed by atoms with Crippen molar-refractivity contribution in [3.8, 4) is 0 Å². The van der Waals surface area contributed by atoms with Crippen LogP contribution >= 0.6 is 0 Å². The Bertz CT molecular complexity index is 271. The molecule has 0 spiro atoms. The lowest BCUT2D eigenvalue weighted by Crippen LogP contribution is -2.40. The van der Waals surface area contributed by atoms with E-state index in [2.05, 4.69) is 5.32 Å². The first-order chi connectivity index (χ1) is 9.29. The second kappa shape index (κ2) is 7.85. The molecule has 0 radical (unpaired) electrons. The van der Waals surface area contributed by atoms with Gasteiger partial charge >= 0.3 is 5.97 Å². The molecular formula is C15H27NO3. The number of carbonyl (C=O) groups excluding carboxylic acids is 1. The summed E-state index contributed by atoms with van der Waals surface area (Å²) in [5, 5.41) is 3.34. The molecule has 2 aliphatic carbocycles. The van der Waals surface area contributed by atoms with Gasteiger partial charge in [0, 0.05) is 12.6 Å². The first-order valence-electron chi connectivity index (χ1n) is 7.75. The summed E-state index contributed by atoms with van der Waals surface area (Å²) < 4.78 is 10.8. The molecule has 0 saturated heterocycles. The minimum atomic E-state index is -0.191. The van der Waals surface area contributed by atoms with Gasteiger partial charge in [0.2, 0.25) is 0 Å². The third kappa shape index (κ3) is 5.49. The van der Waals surface area contributed by atoms with Gasteiger partial charge in [-0.25, -0.2) is 0 Å². The van der Waals surface area contributed by atoms with Crippen LogP contribution in [0.15, 0.2) is 0 Å². The molecule has 0 heterocycles. The number of hydrogen-bond acceptors (Lipinski definition) is 4. The van der Waals surface area contributed by atoms with Crippen LogP contribution in [0.4, 0.5) is 0 Å². The van der Waals surface area contributed by atoms with E-state index >= 15 is 0 Å². The van der Waals surface area contributed by atoms with Crippen LogP contribution in [0.5, 0.6) is 0 Å². The van der Waals surface area contributed by atoms with Crippen molar-refractivity contribution in [1.29, 1.82) is 0 Å². The molecule has 1 unspecified atom stereocenters. The Morgan fingerprint density at radius 2 is 1.84 bits per heavy atom. The first kappa shape index (κ1) is 14.8. The van der Waals surface area contributed by atoms with Crippen LogP contribution in [0.1, 0.15) is 57.8 Å². The van der Waals surface area contributed by atoms with E-state index in [4.69, 9.17) is 9.47 Å². The van der Waals surface area contributed by atoms with Crippen LogP contribution < -0.4 is 5.32 Å². The molecule has 1 N–H and O–H groups in total. The van der Waals surface area contributed by atoms with Gasteiger partial charge in [0.05, 0.1) is 13.2 Å². The average Bonchev–Trinajstić information content (AvgIpc) is 3.24. The number of ether oxygens (including phenoxy) is 2. The van der Waals surface area contributed by atoms with Gasteiger partial charge in [-0.15, -0.1) is 0 Å². The molecule has 2 rings (SSSR count). The molecule has 1 atom stereocenters. The van der Waals surface area contributed by atoms with E-state index in [0.29, 0.717) is 18.8 Å². The van der Waals surface area contributed by atoms with Crippen LogP contribution in [0.25, 0.3) is 0 Å². The highest BCUT2D eigenvalue weighted by atomic mass is 16.5. The average molecular weight is 269 g/mol. The monoisotopic (exact) mass is 269 g/mol. The van der Waals surface area contributed by atoms with E-state index in [-0.39, 0.29) is 12.0 Å². The van der Waals surface area contributed by atoms with Gasteiger partial charge in [-0.1, -0.05) is 25.7 Å². The van der Waals surface area contributed by atoms with Crippen molar-refractivity contribution in [3.05, 3.63) is 0 Å². The molecule has 0 aliphatic heterocycles. The predicted octanol–water partition coefficient (Wildman–Crippen LogP) is 2.41. The third-order valence-corrected chi connectivity index (χ3v) is 4.06. The summed E-state index contributed by atoms with van der Waals surface area (Å²) >= 11 is 0. The Balaban J connectivity index is 1.66. The van der Waals surface area contributed by atoms with Gasteiger partial charge in [-0.05, 0) is 32.1 Å². The molecule has 110 valence electrons. The van der Waals surface area contributed by atoms with Crippen molar-refractivity contribution in [2.75, 3.05) is 13.7 Å². The topological polar surface area (TPSA) is 47.6 Å². The minimum Gasteiger partial charge on any atom is -0.468 e. The third-order valence-electron chi connectivity index (χ3n) is 4.06. The maximum atomic E-state index is 11.7. The quantitative estimate of drug-likeness (QED) is 0.569. The molecule has 0 aromatic heterocycles. The van der Waals surface area contributed by atoms with E-state index < -0.39 is 0 Å². The fourth-order valence-corrected chi connectivity index (χ4v) is 2.71.